The Morgan fingerprint density at radius 2 is 2.00 bits per heavy atom. The van der Waals surface area contributed by atoms with Gasteiger partial charge < -0.3 is 4.42 Å². The molecule has 84 valence electrons. The van der Waals surface area contributed by atoms with E-state index in [1.54, 1.807) is 6.07 Å². The Labute approximate surface area is 102 Å². The highest BCUT2D eigenvalue weighted by atomic mass is 79.9. The van der Waals surface area contributed by atoms with E-state index < -0.39 is 0 Å². The Kier molecular flexibility index (Phi) is 2.62. The molecule has 4 heteroatoms. The third kappa shape index (κ3) is 2.02. The van der Waals surface area contributed by atoms with Crippen LogP contribution in [0.1, 0.15) is 26.7 Å². The van der Waals surface area contributed by atoms with E-state index in [1.165, 1.54) is 0 Å². The number of rotatable bonds is 0. The minimum Gasteiger partial charge on any atom is -0.407 e. The summed E-state index contributed by atoms with van der Waals surface area (Å²) in [5.74, 6) is 0.465. The summed E-state index contributed by atoms with van der Waals surface area (Å²) >= 11 is 3.32. The lowest BCUT2D eigenvalue weighted by Gasteiger charge is -2.15. The van der Waals surface area contributed by atoms with Crippen molar-refractivity contribution in [3.05, 3.63) is 39.0 Å². The molecule has 0 aliphatic heterocycles. The van der Waals surface area contributed by atoms with Crippen molar-refractivity contribution in [1.82, 2.24) is 4.98 Å². The van der Waals surface area contributed by atoms with Crippen LogP contribution >= 0.6 is 15.9 Å². The molecule has 0 unspecified atom stereocenters. The first kappa shape index (κ1) is 11.3. The third-order valence-electron chi connectivity index (χ3n) is 2.23. The fraction of sp³-hybridized carbons (Fsp3) is 0.333. The van der Waals surface area contributed by atoms with Crippen molar-refractivity contribution in [1.29, 1.82) is 0 Å². The van der Waals surface area contributed by atoms with Crippen molar-refractivity contribution < 1.29 is 4.42 Å². The highest BCUT2D eigenvalue weighted by Gasteiger charge is 2.20. The Morgan fingerprint density at radius 1 is 1.31 bits per heavy atom. The molecule has 0 atom stereocenters. The molecule has 2 rings (SSSR count). The normalized spacial score (nSPS) is 12.0. The van der Waals surface area contributed by atoms with Crippen molar-refractivity contribution in [3.63, 3.8) is 0 Å². The molecule has 0 fully saturated rings. The van der Waals surface area contributed by atoms with E-state index in [0.29, 0.717) is 16.8 Å². The van der Waals surface area contributed by atoms with Crippen LogP contribution in [0.5, 0.6) is 0 Å². The fourth-order valence-corrected chi connectivity index (χ4v) is 1.73. The maximum absolute atomic E-state index is 11.8. The van der Waals surface area contributed by atoms with Gasteiger partial charge in [0.25, 0.3) is 0 Å². The molecular formula is C12H12BrNO2. The molecule has 0 radical (unpaired) electrons. The van der Waals surface area contributed by atoms with Gasteiger partial charge in [-0.15, -0.1) is 0 Å². The summed E-state index contributed by atoms with van der Waals surface area (Å²) in [7, 11) is 0. The molecule has 0 amide bonds. The van der Waals surface area contributed by atoms with Crippen molar-refractivity contribution in [2.24, 2.45) is 0 Å². The summed E-state index contributed by atoms with van der Waals surface area (Å²) in [5.41, 5.74) is 0.0704. The number of aromatic nitrogens is 1. The highest BCUT2D eigenvalue weighted by molar-refractivity contribution is 9.10. The summed E-state index contributed by atoms with van der Waals surface area (Å²) in [6, 6.07) is 5.40. The van der Waals surface area contributed by atoms with Crippen LogP contribution in [0.4, 0.5) is 0 Å². The summed E-state index contributed by atoms with van der Waals surface area (Å²) < 4.78 is 6.07. The van der Waals surface area contributed by atoms with Gasteiger partial charge in [0.15, 0.2) is 0 Å². The molecule has 0 saturated carbocycles. The van der Waals surface area contributed by atoms with Gasteiger partial charge in [-0.2, -0.15) is 0 Å². The standard InChI is InChI=1S/C12H12BrNO2/c1-12(2,3)11-14-9-5-4-7(13)6-8(9)10(15)16-11/h4-6H,1-3H3. The molecule has 2 aromatic rings. The van der Waals surface area contributed by atoms with Crippen LogP contribution in [0.25, 0.3) is 10.9 Å². The zero-order valence-electron chi connectivity index (χ0n) is 9.37. The lowest BCUT2D eigenvalue weighted by Crippen LogP contribution is -2.17. The van der Waals surface area contributed by atoms with Gasteiger partial charge in [0, 0.05) is 9.89 Å². The lowest BCUT2D eigenvalue weighted by atomic mass is 9.97. The Bertz CT molecular complexity index is 596. The largest absolute Gasteiger partial charge is 0.407 e. The molecule has 1 heterocycles. The van der Waals surface area contributed by atoms with Gasteiger partial charge in [-0.3, -0.25) is 0 Å². The monoisotopic (exact) mass is 281 g/mol. The van der Waals surface area contributed by atoms with Gasteiger partial charge in [0.2, 0.25) is 5.89 Å². The molecular weight excluding hydrogens is 270 g/mol. The number of benzene rings is 1. The summed E-state index contributed by atoms with van der Waals surface area (Å²) in [6.45, 7) is 5.88. The van der Waals surface area contributed by atoms with Crippen molar-refractivity contribution in [3.8, 4) is 0 Å². The molecule has 1 aromatic heterocycles. The van der Waals surface area contributed by atoms with E-state index in [1.807, 2.05) is 32.9 Å². The molecule has 0 saturated heterocycles. The van der Waals surface area contributed by atoms with Crippen molar-refractivity contribution in [2.45, 2.75) is 26.2 Å². The first-order valence-corrected chi connectivity index (χ1v) is 5.78. The van der Waals surface area contributed by atoms with Crippen LogP contribution in [0.2, 0.25) is 0 Å². The van der Waals surface area contributed by atoms with Crippen LogP contribution in [0, 0.1) is 0 Å². The van der Waals surface area contributed by atoms with Gasteiger partial charge in [0.1, 0.15) is 0 Å². The van der Waals surface area contributed by atoms with Crippen LogP contribution in [0.15, 0.2) is 31.9 Å². The fourth-order valence-electron chi connectivity index (χ4n) is 1.37. The topological polar surface area (TPSA) is 43.1 Å². The first-order valence-electron chi connectivity index (χ1n) is 4.99. The Hall–Kier alpha value is -1.16. The molecule has 3 nitrogen and oxygen atoms in total. The zero-order valence-corrected chi connectivity index (χ0v) is 11.0. The summed E-state index contributed by atoms with van der Waals surface area (Å²) in [5, 5.41) is 0.502. The average molecular weight is 282 g/mol. The predicted molar refractivity (Wildman–Crippen MR) is 66.7 cm³/mol. The number of halogens is 1. The number of nitrogens with zero attached hydrogens (tertiary/aromatic N) is 1. The number of hydrogen-bond donors (Lipinski definition) is 0. The Balaban J connectivity index is 2.79. The van der Waals surface area contributed by atoms with E-state index in [0.717, 1.165) is 4.47 Å². The average Bonchev–Trinajstić information content (AvgIpc) is 2.17. The molecule has 0 aliphatic carbocycles. The second kappa shape index (κ2) is 3.70. The molecule has 0 bridgehead atoms. The van der Waals surface area contributed by atoms with Crippen LogP contribution in [-0.4, -0.2) is 4.98 Å². The van der Waals surface area contributed by atoms with Crippen LogP contribution in [0.3, 0.4) is 0 Å². The molecule has 16 heavy (non-hydrogen) atoms. The number of hydrogen-bond acceptors (Lipinski definition) is 3. The summed E-state index contributed by atoms with van der Waals surface area (Å²) in [4.78, 5) is 16.1. The number of fused-ring (bicyclic) bond motifs is 1. The smallest absolute Gasteiger partial charge is 0.346 e. The minimum atomic E-state index is -0.337. The van der Waals surface area contributed by atoms with E-state index in [-0.39, 0.29) is 11.0 Å². The maximum Gasteiger partial charge on any atom is 0.346 e. The van der Waals surface area contributed by atoms with Gasteiger partial charge in [-0.25, -0.2) is 9.78 Å². The molecule has 1 aromatic carbocycles. The minimum absolute atomic E-state index is 0.263. The van der Waals surface area contributed by atoms with Gasteiger partial charge in [-0.1, -0.05) is 36.7 Å². The predicted octanol–water partition coefficient (Wildman–Crippen LogP) is 3.25. The first-order chi connectivity index (χ1) is 7.38. The summed E-state index contributed by atoms with van der Waals surface area (Å²) in [6.07, 6.45) is 0. The molecule has 0 spiro atoms. The third-order valence-corrected chi connectivity index (χ3v) is 2.72. The second-order valence-corrected chi connectivity index (χ2v) is 5.63. The molecule has 0 aliphatic rings. The van der Waals surface area contributed by atoms with Crippen LogP contribution < -0.4 is 5.63 Å². The zero-order chi connectivity index (χ0) is 11.9. The van der Waals surface area contributed by atoms with Gasteiger partial charge >= 0.3 is 5.63 Å². The van der Waals surface area contributed by atoms with E-state index in [2.05, 4.69) is 20.9 Å². The van der Waals surface area contributed by atoms with E-state index >= 15 is 0 Å². The highest BCUT2D eigenvalue weighted by Crippen LogP contribution is 2.22. The maximum atomic E-state index is 11.8. The van der Waals surface area contributed by atoms with E-state index in [9.17, 15) is 4.79 Å². The van der Waals surface area contributed by atoms with Gasteiger partial charge in [0.05, 0.1) is 10.9 Å². The molecule has 0 N–H and O–H groups in total. The van der Waals surface area contributed by atoms with E-state index in [4.69, 9.17) is 4.42 Å². The van der Waals surface area contributed by atoms with Gasteiger partial charge in [-0.05, 0) is 18.2 Å². The van der Waals surface area contributed by atoms with Crippen molar-refractivity contribution >= 4 is 26.8 Å². The van der Waals surface area contributed by atoms with Crippen LogP contribution in [-0.2, 0) is 5.41 Å². The quantitative estimate of drug-likeness (QED) is 0.745. The lowest BCUT2D eigenvalue weighted by molar-refractivity contribution is 0.360. The van der Waals surface area contributed by atoms with Crippen molar-refractivity contribution in [2.75, 3.05) is 0 Å². The second-order valence-electron chi connectivity index (χ2n) is 4.72. The Morgan fingerprint density at radius 3 is 2.62 bits per heavy atom. The SMILES string of the molecule is CC(C)(C)c1nc2ccc(Br)cc2c(=O)o1.